The van der Waals surface area contributed by atoms with Gasteiger partial charge in [-0.25, -0.2) is 9.97 Å². The van der Waals surface area contributed by atoms with Crippen LogP contribution in [0, 0.1) is 0 Å². The van der Waals surface area contributed by atoms with Gasteiger partial charge in [-0.1, -0.05) is 0 Å². The Bertz CT molecular complexity index is 587. The standard InChI is InChI=1S/C13H14N4O3/c18-10-6-17(7-11(10)19)13(20)9-1-2-12(15-5-9)16-4-3-14-8-16/h1-5,8,10-11,18-19H,6-7H2. The maximum absolute atomic E-state index is 12.2. The molecule has 0 aromatic carbocycles. The Labute approximate surface area is 115 Å². The van der Waals surface area contributed by atoms with E-state index in [0.717, 1.165) is 0 Å². The Kier molecular flexibility index (Phi) is 3.21. The van der Waals surface area contributed by atoms with E-state index in [2.05, 4.69) is 9.97 Å². The van der Waals surface area contributed by atoms with Gasteiger partial charge in [-0.2, -0.15) is 0 Å². The lowest BCUT2D eigenvalue weighted by atomic mass is 10.2. The molecular formula is C13H14N4O3. The summed E-state index contributed by atoms with van der Waals surface area (Å²) >= 11 is 0. The van der Waals surface area contributed by atoms with Gasteiger partial charge in [0, 0.05) is 31.7 Å². The second kappa shape index (κ2) is 5.03. The van der Waals surface area contributed by atoms with Crippen LogP contribution < -0.4 is 0 Å². The van der Waals surface area contributed by atoms with Crippen molar-refractivity contribution in [3.63, 3.8) is 0 Å². The largest absolute Gasteiger partial charge is 0.388 e. The third kappa shape index (κ3) is 2.28. The van der Waals surface area contributed by atoms with E-state index in [0.29, 0.717) is 11.4 Å². The first-order valence-corrected chi connectivity index (χ1v) is 6.25. The van der Waals surface area contributed by atoms with Crippen LogP contribution in [0.2, 0.25) is 0 Å². The van der Waals surface area contributed by atoms with Crippen molar-refractivity contribution in [3.8, 4) is 5.82 Å². The lowest BCUT2D eigenvalue weighted by Crippen LogP contribution is -2.29. The summed E-state index contributed by atoms with van der Waals surface area (Å²) in [6.45, 7) is 0.284. The van der Waals surface area contributed by atoms with Gasteiger partial charge in [0.15, 0.2) is 0 Å². The first-order chi connectivity index (χ1) is 9.65. The summed E-state index contributed by atoms with van der Waals surface area (Å²) in [6, 6.07) is 3.39. The molecule has 104 valence electrons. The Hall–Kier alpha value is -2.25. The molecule has 0 aliphatic carbocycles. The average Bonchev–Trinajstić information content (AvgIpc) is 3.09. The van der Waals surface area contributed by atoms with Crippen LogP contribution in [-0.4, -0.2) is 60.9 Å². The summed E-state index contributed by atoms with van der Waals surface area (Å²) in [7, 11) is 0. The average molecular weight is 274 g/mol. The van der Waals surface area contributed by atoms with E-state index in [-0.39, 0.29) is 19.0 Å². The fraction of sp³-hybridized carbons (Fsp3) is 0.308. The van der Waals surface area contributed by atoms with Gasteiger partial charge in [0.1, 0.15) is 12.1 Å². The number of amides is 1. The van der Waals surface area contributed by atoms with Crippen LogP contribution in [0.3, 0.4) is 0 Å². The first-order valence-electron chi connectivity index (χ1n) is 6.25. The van der Waals surface area contributed by atoms with Gasteiger partial charge in [0.05, 0.1) is 17.8 Å². The number of rotatable bonds is 2. The van der Waals surface area contributed by atoms with Gasteiger partial charge in [0.2, 0.25) is 0 Å². The number of hydrogen-bond donors (Lipinski definition) is 2. The highest BCUT2D eigenvalue weighted by molar-refractivity contribution is 5.94. The fourth-order valence-electron chi connectivity index (χ4n) is 2.18. The molecule has 7 heteroatoms. The molecule has 0 spiro atoms. The highest BCUT2D eigenvalue weighted by atomic mass is 16.3. The van der Waals surface area contributed by atoms with Crippen LogP contribution >= 0.6 is 0 Å². The van der Waals surface area contributed by atoms with Gasteiger partial charge < -0.3 is 15.1 Å². The summed E-state index contributed by atoms with van der Waals surface area (Å²) in [4.78, 5) is 21.7. The van der Waals surface area contributed by atoms with E-state index in [1.54, 1.807) is 35.4 Å². The zero-order chi connectivity index (χ0) is 14.1. The number of pyridine rings is 1. The van der Waals surface area contributed by atoms with Crippen molar-refractivity contribution in [1.29, 1.82) is 0 Å². The number of carbonyl (C=O) groups excluding carboxylic acids is 1. The normalized spacial score (nSPS) is 22.2. The van der Waals surface area contributed by atoms with Crippen molar-refractivity contribution in [2.24, 2.45) is 0 Å². The summed E-state index contributed by atoms with van der Waals surface area (Å²) in [6.07, 6.45) is 4.76. The SMILES string of the molecule is O=C(c1ccc(-n2ccnc2)nc1)N1CC(O)C(O)C1. The lowest BCUT2D eigenvalue weighted by molar-refractivity contribution is 0.0572. The molecule has 2 unspecified atom stereocenters. The fourth-order valence-corrected chi connectivity index (χ4v) is 2.18. The van der Waals surface area contributed by atoms with E-state index in [9.17, 15) is 15.0 Å². The Morgan fingerprint density at radius 1 is 1.25 bits per heavy atom. The number of aromatic nitrogens is 3. The van der Waals surface area contributed by atoms with Crippen molar-refractivity contribution in [2.75, 3.05) is 13.1 Å². The molecule has 0 bridgehead atoms. The molecule has 0 radical (unpaired) electrons. The summed E-state index contributed by atoms with van der Waals surface area (Å²) in [5, 5.41) is 18.9. The van der Waals surface area contributed by atoms with E-state index in [1.165, 1.54) is 11.1 Å². The number of likely N-dealkylation sites (tertiary alicyclic amines) is 1. The number of β-amino-alcohol motifs (C(OH)–C–C–N with tert-alkyl or cyclic N) is 2. The maximum Gasteiger partial charge on any atom is 0.255 e. The minimum Gasteiger partial charge on any atom is -0.388 e. The number of imidazole rings is 1. The minimum atomic E-state index is -0.878. The number of carbonyl (C=O) groups is 1. The van der Waals surface area contributed by atoms with E-state index in [1.807, 2.05) is 0 Å². The molecule has 3 rings (SSSR count). The van der Waals surface area contributed by atoms with Gasteiger partial charge in [-0.3, -0.25) is 9.36 Å². The first kappa shape index (κ1) is 12.8. The van der Waals surface area contributed by atoms with Crippen LogP contribution in [0.5, 0.6) is 0 Å². The quantitative estimate of drug-likeness (QED) is 0.766. The zero-order valence-electron chi connectivity index (χ0n) is 10.6. The molecule has 2 N–H and O–H groups in total. The summed E-state index contributed by atoms with van der Waals surface area (Å²) < 4.78 is 1.73. The molecule has 0 saturated carbocycles. The second-order valence-corrected chi connectivity index (χ2v) is 4.72. The molecule has 1 amide bonds. The molecule has 1 saturated heterocycles. The third-order valence-corrected chi connectivity index (χ3v) is 3.31. The van der Waals surface area contributed by atoms with Gasteiger partial charge >= 0.3 is 0 Å². The zero-order valence-corrected chi connectivity index (χ0v) is 10.6. The number of nitrogens with zero attached hydrogens (tertiary/aromatic N) is 4. The van der Waals surface area contributed by atoms with Crippen molar-refractivity contribution in [1.82, 2.24) is 19.4 Å². The molecule has 1 aliphatic rings. The number of aliphatic hydroxyl groups excluding tert-OH is 2. The summed E-state index contributed by atoms with van der Waals surface area (Å²) in [5.41, 5.74) is 0.426. The van der Waals surface area contributed by atoms with Gasteiger partial charge in [0.25, 0.3) is 5.91 Å². The van der Waals surface area contributed by atoms with Crippen LogP contribution in [0.1, 0.15) is 10.4 Å². The van der Waals surface area contributed by atoms with Crippen molar-refractivity contribution >= 4 is 5.91 Å². The molecule has 3 heterocycles. The molecule has 20 heavy (non-hydrogen) atoms. The smallest absolute Gasteiger partial charge is 0.255 e. The van der Waals surface area contributed by atoms with E-state index in [4.69, 9.17) is 0 Å². The van der Waals surface area contributed by atoms with Crippen LogP contribution in [-0.2, 0) is 0 Å². The van der Waals surface area contributed by atoms with Crippen LogP contribution in [0.4, 0.5) is 0 Å². The molecule has 1 fully saturated rings. The molecule has 7 nitrogen and oxygen atoms in total. The van der Waals surface area contributed by atoms with Gasteiger partial charge in [-0.15, -0.1) is 0 Å². The predicted molar refractivity (Wildman–Crippen MR) is 69.3 cm³/mol. The van der Waals surface area contributed by atoms with Crippen molar-refractivity contribution in [3.05, 3.63) is 42.6 Å². The van der Waals surface area contributed by atoms with Crippen molar-refractivity contribution < 1.29 is 15.0 Å². The third-order valence-electron chi connectivity index (χ3n) is 3.31. The molecule has 2 aromatic rings. The van der Waals surface area contributed by atoms with Crippen molar-refractivity contribution in [2.45, 2.75) is 12.2 Å². The maximum atomic E-state index is 12.2. The van der Waals surface area contributed by atoms with E-state index < -0.39 is 12.2 Å². The molecular weight excluding hydrogens is 260 g/mol. The Balaban J connectivity index is 1.76. The number of hydrogen-bond acceptors (Lipinski definition) is 5. The summed E-state index contributed by atoms with van der Waals surface area (Å²) in [5.74, 6) is 0.422. The monoisotopic (exact) mass is 274 g/mol. The second-order valence-electron chi connectivity index (χ2n) is 4.72. The lowest BCUT2D eigenvalue weighted by Gasteiger charge is -2.15. The minimum absolute atomic E-state index is 0.142. The number of aliphatic hydroxyl groups is 2. The predicted octanol–water partition coefficient (Wildman–Crippen LogP) is -0.555. The molecule has 1 aliphatic heterocycles. The highest BCUT2D eigenvalue weighted by Crippen LogP contribution is 2.14. The molecule has 2 atom stereocenters. The van der Waals surface area contributed by atoms with Crippen LogP contribution in [0.25, 0.3) is 5.82 Å². The topological polar surface area (TPSA) is 91.5 Å². The van der Waals surface area contributed by atoms with E-state index >= 15 is 0 Å². The Morgan fingerprint density at radius 2 is 2.00 bits per heavy atom. The van der Waals surface area contributed by atoms with Gasteiger partial charge in [-0.05, 0) is 12.1 Å². The highest BCUT2D eigenvalue weighted by Gasteiger charge is 2.32. The Morgan fingerprint density at radius 3 is 2.55 bits per heavy atom. The van der Waals surface area contributed by atoms with Crippen LogP contribution in [0.15, 0.2) is 37.1 Å². The molecule has 2 aromatic heterocycles.